The molecule has 0 amide bonds. The SMILES string of the molecule is Nc1n[nH]c(Cc2nnc(Nc3n[nH]c(N)n3)nn2)n1. The molecule has 102 valence electrons. The molecule has 3 aromatic rings. The molecule has 0 aliphatic carbocycles. The van der Waals surface area contributed by atoms with Crippen LogP contribution in [0.2, 0.25) is 0 Å². The Morgan fingerprint density at radius 1 is 0.900 bits per heavy atom. The van der Waals surface area contributed by atoms with E-state index in [1.807, 2.05) is 0 Å². The van der Waals surface area contributed by atoms with Crippen molar-refractivity contribution < 1.29 is 0 Å². The molecule has 0 unspecified atom stereocenters. The predicted molar refractivity (Wildman–Crippen MR) is 65.3 cm³/mol. The van der Waals surface area contributed by atoms with Crippen molar-refractivity contribution in [3.63, 3.8) is 0 Å². The van der Waals surface area contributed by atoms with Gasteiger partial charge in [0.1, 0.15) is 5.82 Å². The molecule has 0 bridgehead atoms. The maximum Gasteiger partial charge on any atom is 0.268 e. The number of rotatable bonds is 4. The lowest BCUT2D eigenvalue weighted by atomic mass is 10.4. The van der Waals surface area contributed by atoms with Crippen LogP contribution in [0.15, 0.2) is 0 Å². The van der Waals surface area contributed by atoms with Gasteiger partial charge in [-0.2, -0.15) is 9.97 Å². The second-order valence-electron chi connectivity index (χ2n) is 3.63. The summed E-state index contributed by atoms with van der Waals surface area (Å²) in [6.45, 7) is 0. The summed E-state index contributed by atoms with van der Waals surface area (Å²) in [7, 11) is 0. The fourth-order valence-electron chi connectivity index (χ4n) is 1.34. The van der Waals surface area contributed by atoms with Gasteiger partial charge < -0.3 is 11.5 Å². The van der Waals surface area contributed by atoms with Crippen molar-refractivity contribution in [2.45, 2.75) is 6.42 Å². The van der Waals surface area contributed by atoms with E-state index in [0.717, 1.165) is 0 Å². The van der Waals surface area contributed by atoms with Crippen molar-refractivity contribution >= 4 is 23.8 Å². The highest BCUT2D eigenvalue weighted by Gasteiger charge is 2.08. The first-order valence-electron chi connectivity index (χ1n) is 5.37. The molecule has 0 spiro atoms. The molecule has 3 heterocycles. The molecule has 20 heavy (non-hydrogen) atoms. The van der Waals surface area contributed by atoms with Crippen LogP contribution in [0.3, 0.4) is 0 Å². The number of anilines is 4. The molecule has 0 fully saturated rings. The number of nitrogens with zero attached hydrogens (tertiary/aromatic N) is 8. The van der Waals surface area contributed by atoms with Crippen molar-refractivity contribution in [2.75, 3.05) is 16.8 Å². The smallest absolute Gasteiger partial charge is 0.268 e. The molecule has 0 aromatic carbocycles. The van der Waals surface area contributed by atoms with E-state index in [9.17, 15) is 0 Å². The van der Waals surface area contributed by atoms with E-state index in [2.05, 4.69) is 56.1 Å². The molecular formula is C7H9N13. The summed E-state index contributed by atoms with van der Waals surface area (Å²) < 4.78 is 0. The van der Waals surface area contributed by atoms with Gasteiger partial charge in [0.25, 0.3) is 11.9 Å². The lowest BCUT2D eigenvalue weighted by Crippen LogP contribution is -2.07. The number of H-pyrrole nitrogens is 2. The van der Waals surface area contributed by atoms with E-state index in [0.29, 0.717) is 11.6 Å². The lowest BCUT2D eigenvalue weighted by Gasteiger charge is -1.98. The third-order valence-electron chi connectivity index (χ3n) is 2.12. The van der Waals surface area contributed by atoms with Crippen LogP contribution in [0.25, 0.3) is 0 Å². The van der Waals surface area contributed by atoms with Crippen LogP contribution in [0.1, 0.15) is 11.6 Å². The monoisotopic (exact) mass is 275 g/mol. The quantitative estimate of drug-likeness (QED) is 0.352. The standard InChI is InChI=1S/C7H9N13/c8-4-10-2(13-16-4)1-3-14-19-7(20-15-3)12-6-11-5(9)17-18-6/h1H2,(H3,8,10,13,16)(H4,9,11,12,17,18,19,20). The third kappa shape index (κ3) is 2.55. The Hall–Kier alpha value is -3.38. The van der Waals surface area contributed by atoms with Gasteiger partial charge >= 0.3 is 0 Å². The molecular weight excluding hydrogens is 266 g/mol. The van der Waals surface area contributed by atoms with Crippen LogP contribution >= 0.6 is 0 Å². The minimum absolute atomic E-state index is 0.143. The van der Waals surface area contributed by atoms with Crippen LogP contribution < -0.4 is 16.8 Å². The summed E-state index contributed by atoms with van der Waals surface area (Å²) in [6.07, 6.45) is 0.290. The van der Waals surface area contributed by atoms with Crippen molar-refractivity contribution in [3.05, 3.63) is 11.6 Å². The molecule has 7 N–H and O–H groups in total. The minimum Gasteiger partial charge on any atom is -0.368 e. The third-order valence-corrected chi connectivity index (χ3v) is 2.12. The number of aromatic amines is 2. The van der Waals surface area contributed by atoms with Gasteiger partial charge in [0.2, 0.25) is 11.9 Å². The number of nitrogens with one attached hydrogen (secondary N) is 3. The fraction of sp³-hybridized carbons (Fsp3) is 0.143. The zero-order chi connectivity index (χ0) is 13.9. The van der Waals surface area contributed by atoms with Crippen LogP contribution in [0.4, 0.5) is 23.8 Å². The van der Waals surface area contributed by atoms with E-state index in [1.54, 1.807) is 0 Å². The number of nitrogen functional groups attached to an aromatic ring is 2. The van der Waals surface area contributed by atoms with Crippen molar-refractivity contribution in [2.24, 2.45) is 0 Å². The minimum atomic E-state index is 0.143. The highest BCUT2D eigenvalue weighted by molar-refractivity contribution is 5.42. The van der Waals surface area contributed by atoms with Gasteiger partial charge in [0.15, 0.2) is 5.82 Å². The molecule has 0 aliphatic rings. The largest absolute Gasteiger partial charge is 0.368 e. The highest BCUT2D eigenvalue weighted by atomic mass is 15.4. The van der Waals surface area contributed by atoms with Gasteiger partial charge in [-0.3, -0.25) is 10.4 Å². The van der Waals surface area contributed by atoms with E-state index in [-0.39, 0.29) is 30.2 Å². The maximum atomic E-state index is 5.38. The Bertz CT molecular complexity index is 634. The highest BCUT2D eigenvalue weighted by Crippen LogP contribution is 2.06. The van der Waals surface area contributed by atoms with Gasteiger partial charge in [0, 0.05) is 0 Å². The second-order valence-corrected chi connectivity index (χ2v) is 3.63. The maximum absolute atomic E-state index is 5.38. The summed E-state index contributed by atoms with van der Waals surface area (Å²) >= 11 is 0. The second kappa shape index (κ2) is 4.71. The molecule has 0 radical (unpaired) electrons. The van der Waals surface area contributed by atoms with Crippen LogP contribution in [0.5, 0.6) is 0 Å². The molecule has 0 atom stereocenters. The summed E-state index contributed by atoms with van der Waals surface area (Å²) in [5.41, 5.74) is 10.8. The zero-order valence-corrected chi connectivity index (χ0v) is 9.94. The van der Waals surface area contributed by atoms with Crippen LogP contribution in [-0.4, -0.2) is 50.8 Å². The van der Waals surface area contributed by atoms with Crippen molar-refractivity contribution in [1.82, 2.24) is 50.8 Å². The summed E-state index contributed by atoms with van der Waals surface area (Å²) in [5.74, 6) is 1.58. The number of nitrogens with two attached hydrogens (primary N) is 2. The molecule has 13 nitrogen and oxygen atoms in total. The molecule has 3 aromatic heterocycles. The summed E-state index contributed by atoms with van der Waals surface area (Å²) in [5, 5.41) is 30.6. The van der Waals surface area contributed by atoms with E-state index < -0.39 is 0 Å². The van der Waals surface area contributed by atoms with Crippen LogP contribution in [0, 0.1) is 0 Å². The average Bonchev–Trinajstić information content (AvgIpc) is 3.01. The van der Waals surface area contributed by atoms with E-state index >= 15 is 0 Å². The van der Waals surface area contributed by atoms with Gasteiger partial charge in [-0.25, -0.2) is 5.10 Å². The Morgan fingerprint density at radius 2 is 1.70 bits per heavy atom. The summed E-state index contributed by atoms with van der Waals surface area (Å²) in [4.78, 5) is 7.75. The van der Waals surface area contributed by atoms with Crippen molar-refractivity contribution in [3.8, 4) is 0 Å². The van der Waals surface area contributed by atoms with Gasteiger partial charge in [0.05, 0.1) is 6.42 Å². The van der Waals surface area contributed by atoms with Crippen LogP contribution in [-0.2, 0) is 6.42 Å². The number of hydrogen-bond donors (Lipinski definition) is 5. The van der Waals surface area contributed by atoms with E-state index in [4.69, 9.17) is 11.5 Å². The molecule has 0 aliphatic heterocycles. The normalized spacial score (nSPS) is 10.6. The molecule has 13 heteroatoms. The lowest BCUT2D eigenvalue weighted by molar-refractivity contribution is 0.768. The Morgan fingerprint density at radius 3 is 2.30 bits per heavy atom. The Kier molecular flexibility index (Phi) is 2.76. The molecule has 3 rings (SSSR count). The average molecular weight is 275 g/mol. The van der Waals surface area contributed by atoms with Gasteiger partial charge in [-0.1, -0.05) is 0 Å². The summed E-state index contributed by atoms with van der Waals surface area (Å²) in [6, 6.07) is 0. The van der Waals surface area contributed by atoms with Gasteiger partial charge in [-0.05, 0) is 0 Å². The first-order valence-corrected chi connectivity index (χ1v) is 5.37. The Labute approximate surface area is 110 Å². The van der Waals surface area contributed by atoms with Gasteiger partial charge in [-0.15, -0.1) is 30.6 Å². The number of aromatic nitrogens is 10. The Balaban J connectivity index is 1.68. The molecule has 0 saturated carbocycles. The zero-order valence-electron chi connectivity index (χ0n) is 9.94. The fourth-order valence-corrected chi connectivity index (χ4v) is 1.34. The first-order chi connectivity index (χ1) is 9.69. The topological polar surface area (TPSA) is 199 Å². The number of hydrogen-bond acceptors (Lipinski definition) is 11. The predicted octanol–water partition coefficient (Wildman–Crippen LogP) is -2.00. The first kappa shape index (κ1) is 11.7. The van der Waals surface area contributed by atoms with Crippen molar-refractivity contribution in [1.29, 1.82) is 0 Å². The molecule has 0 saturated heterocycles. The van der Waals surface area contributed by atoms with E-state index in [1.165, 1.54) is 0 Å².